The van der Waals surface area contributed by atoms with Gasteiger partial charge in [0.2, 0.25) is 0 Å². The van der Waals surface area contributed by atoms with Crippen molar-refractivity contribution >= 4 is 5.97 Å². The first-order valence-electron chi connectivity index (χ1n) is 7.44. The van der Waals surface area contributed by atoms with Crippen LogP contribution in [0.5, 0.6) is 0 Å². The SMILES string of the molecule is C=C=C(OCc1ccccc1)C1(O)CC(CCC(=O)OC)C1. The van der Waals surface area contributed by atoms with Gasteiger partial charge in [-0.2, -0.15) is 0 Å². The fourth-order valence-electron chi connectivity index (χ4n) is 2.79. The number of aliphatic hydroxyl groups is 1. The van der Waals surface area contributed by atoms with Gasteiger partial charge in [-0.05, 0) is 30.7 Å². The molecule has 1 fully saturated rings. The van der Waals surface area contributed by atoms with Crippen LogP contribution in [0.1, 0.15) is 31.2 Å². The molecule has 22 heavy (non-hydrogen) atoms. The normalized spacial score (nSPS) is 23.1. The van der Waals surface area contributed by atoms with E-state index in [0.717, 1.165) is 12.0 Å². The van der Waals surface area contributed by atoms with Crippen molar-refractivity contribution in [2.75, 3.05) is 7.11 Å². The molecule has 1 aromatic rings. The fraction of sp³-hybridized carbons (Fsp3) is 0.444. The lowest BCUT2D eigenvalue weighted by Gasteiger charge is -2.43. The Morgan fingerprint density at radius 1 is 1.41 bits per heavy atom. The van der Waals surface area contributed by atoms with Gasteiger partial charge in [0, 0.05) is 6.42 Å². The average molecular weight is 302 g/mol. The van der Waals surface area contributed by atoms with Gasteiger partial charge in [0.15, 0.2) is 5.76 Å². The summed E-state index contributed by atoms with van der Waals surface area (Å²) in [7, 11) is 1.38. The maximum absolute atomic E-state index is 11.1. The number of esters is 1. The Labute approximate surface area is 131 Å². The number of methoxy groups -OCH3 is 1. The fourth-order valence-corrected chi connectivity index (χ4v) is 2.79. The zero-order valence-corrected chi connectivity index (χ0v) is 12.9. The molecule has 0 aromatic heterocycles. The second-order valence-electron chi connectivity index (χ2n) is 5.70. The number of carbonyl (C=O) groups is 1. The van der Waals surface area contributed by atoms with Gasteiger partial charge >= 0.3 is 5.97 Å². The molecule has 4 heteroatoms. The molecule has 0 heterocycles. The Morgan fingerprint density at radius 3 is 2.68 bits per heavy atom. The predicted molar refractivity (Wildman–Crippen MR) is 82.8 cm³/mol. The Balaban J connectivity index is 1.82. The molecule has 118 valence electrons. The molecular formula is C18H22O4. The third kappa shape index (κ3) is 4.00. The van der Waals surface area contributed by atoms with E-state index in [1.807, 2.05) is 30.3 Å². The van der Waals surface area contributed by atoms with Crippen LogP contribution in [-0.2, 0) is 20.9 Å². The van der Waals surface area contributed by atoms with Crippen LogP contribution in [0.3, 0.4) is 0 Å². The minimum atomic E-state index is -1.00. The summed E-state index contributed by atoms with van der Waals surface area (Å²) >= 11 is 0. The van der Waals surface area contributed by atoms with Gasteiger partial charge in [0.1, 0.15) is 12.2 Å². The molecule has 0 amide bonds. The van der Waals surface area contributed by atoms with Crippen molar-refractivity contribution in [2.24, 2.45) is 5.92 Å². The standard InChI is InChI=1S/C18H22O4/c1-3-16(22-13-14-7-5-4-6-8-14)18(20)11-15(12-18)9-10-17(19)21-2/h4-8,15,20H,1,9-13H2,2H3. The molecule has 1 N–H and O–H groups in total. The van der Waals surface area contributed by atoms with Gasteiger partial charge in [0.05, 0.1) is 7.11 Å². The van der Waals surface area contributed by atoms with Crippen LogP contribution in [0.25, 0.3) is 0 Å². The lowest BCUT2D eigenvalue weighted by Crippen LogP contribution is -2.46. The van der Waals surface area contributed by atoms with Crippen LogP contribution in [0.15, 0.2) is 48.4 Å². The Morgan fingerprint density at radius 2 is 2.09 bits per heavy atom. The lowest BCUT2D eigenvalue weighted by atomic mass is 9.68. The highest BCUT2D eigenvalue weighted by Crippen LogP contribution is 2.45. The zero-order chi connectivity index (χ0) is 16.0. The highest BCUT2D eigenvalue weighted by atomic mass is 16.5. The van der Waals surface area contributed by atoms with E-state index >= 15 is 0 Å². The van der Waals surface area contributed by atoms with Gasteiger partial charge in [-0.1, -0.05) is 42.6 Å². The van der Waals surface area contributed by atoms with Crippen molar-refractivity contribution in [1.82, 2.24) is 0 Å². The summed E-state index contributed by atoms with van der Waals surface area (Å²) in [6.07, 6.45) is 2.24. The van der Waals surface area contributed by atoms with Crippen molar-refractivity contribution in [2.45, 2.75) is 37.9 Å². The highest BCUT2D eigenvalue weighted by molar-refractivity contribution is 5.69. The van der Waals surface area contributed by atoms with Crippen molar-refractivity contribution in [3.63, 3.8) is 0 Å². The number of hydrogen-bond donors (Lipinski definition) is 1. The lowest BCUT2D eigenvalue weighted by molar-refractivity contribution is -0.142. The van der Waals surface area contributed by atoms with Gasteiger partial charge in [-0.15, -0.1) is 0 Å². The van der Waals surface area contributed by atoms with E-state index in [9.17, 15) is 9.90 Å². The maximum atomic E-state index is 11.1. The van der Waals surface area contributed by atoms with Crippen molar-refractivity contribution < 1.29 is 19.4 Å². The molecule has 0 aliphatic heterocycles. The summed E-state index contributed by atoms with van der Waals surface area (Å²) in [6.45, 7) is 4.00. The van der Waals surface area contributed by atoms with Gasteiger partial charge in [-0.3, -0.25) is 4.79 Å². The summed E-state index contributed by atoms with van der Waals surface area (Å²) in [5, 5.41) is 10.6. The molecule has 1 aromatic carbocycles. The van der Waals surface area contributed by atoms with Crippen molar-refractivity contribution in [3.8, 4) is 0 Å². The third-order valence-corrected chi connectivity index (χ3v) is 4.05. The van der Waals surface area contributed by atoms with E-state index in [0.29, 0.717) is 37.5 Å². The number of hydrogen-bond acceptors (Lipinski definition) is 4. The summed E-state index contributed by atoms with van der Waals surface area (Å²) < 4.78 is 10.3. The predicted octanol–water partition coefficient (Wildman–Crippen LogP) is 2.97. The molecule has 4 nitrogen and oxygen atoms in total. The van der Waals surface area contributed by atoms with Gasteiger partial charge in [-0.25, -0.2) is 0 Å². The smallest absolute Gasteiger partial charge is 0.305 e. The first-order chi connectivity index (χ1) is 10.6. The van der Waals surface area contributed by atoms with Crippen LogP contribution in [0.4, 0.5) is 0 Å². The minimum absolute atomic E-state index is 0.213. The second-order valence-corrected chi connectivity index (χ2v) is 5.70. The Bertz CT molecular complexity index is 552. The van der Waals surface area contributed by atoms with Crippen molar-refractivity contribution in [3.05, 3.63) is 54.0 Å². The molecule has 0 radical (unpaired) electrons. The first kappa shape index (κ1) is 16.3. The van der Waals surface area contributed by atoms with Crippen LogP contribution < -0.4 is 0 Å². The van der Waals surface area contributed by atoms with E-state index in [1.54, 1.807) is 0 Å². The van der Waals surface area contributed by atoms with E-state index in [2.05, 4.69) is 17.0 Å². The average Bonchev–Trinajstić information content (AvgIpc) is 2.51. The monoisotopic (exact) mass is 302 g/mol. The molecule has 1 saturated carbocycles. The maximum Gasteiger partial charge on any atom is 0.305 e. The molecule has 1 aliphatic rings. The van der Waals surface area contributed by atoms with E-state index < -0.39 is 5.60 Å². The van der Waals surface area contributed by atoms with Crippen LogP contribution in [-0.4, -0.2) is 23.8 Å². The zero-order valence-electron chi connectivity index (χ0n) is 12.9. The topological polar surface area (TPSA) is 55.8 Å². The summed E-state index contributed by atoms with van der Waals surface area (Å²) in [6, 6.07) is 9.75. The molecule has 0 saturated heterocycles. The molecule has 2 rings (SSSR count). The van der Waals surface area contributed by atoms with Crippen LogP contribution in [0, 0.1) is 5.92 Å². The first-order valence-corrected chi connectivity index (χ1v) is 7.44. The molecule has 0 bridgehead atoms. The van der Waals surface area contributed by atoms with Gasteiger partial charge < -0.3 is 14.6 Å². The number of ether oxygens (including phenoxy) is 2. The quantitative estimate of drug-likeness (QED) is 0.478. The van der Waals surface area contributed by atoms with Crippen molar-refractivity contribution in [1.29, 1.82) is 0 Å². The Kier molecular flexibility index (Phi) is 5.42. The summed E-state index contributed by atoms with van der Waals surface area (Å²) in [5.74, 6) is 0.480. The second kappa shape index (κ2) is 7.30. The summed E-state index contributed by atoms with van der Waals surface area (Å²) in [5.41, 5.74) is 2.74. The summed E-state index contributed by atoms with van der Waals surface area (Å²) in [4.78, 5) is 11.1. The number of benzene rings is 1. The number of carbonyl (C=O) groups excluding carboxylic acids is 1. The number of rotatable bonds is 7. The third-order valence-electron chi connectivity index (χ3n) is 4.05. The molecule has 0 unspecified atom stereocenters. The minimum Gasteiger partial charge on any atom is -0.482 e. The van der Waals surface area contributed by atoms with E-state index in [-0.39, 0.29) is 5.97 Å². The van der Waals surface area contributed by atoms with Crippen LogP contribution >= 0.6 is 0 Å². The largest absolute Gasteiger partial charge is 0.482 e. The van der Waals surface area contributed by atoms with E-state index in [1.165, 1.54) is 7.11 Å². The highest BCUT2D eigenvalue weighted by Gasteiger charge is 2.46. The van der Waals surface area contributed by atoms with E-state index in [4.69, 9.17) is 4.74 Å². The Hall–Kier alpha value is -2.03. The molecule has 0 spiro atoms. The molecule has 0 atom stereocenters. The molecular weight excluding hydrogens is 280 g/mol. The van der Waals surface area contributed by atoms with Gasteiger partial charge in [0.25, 0.3) is 0 Å². The molecule has 1 aliphatic carbocycles. The van der Waals surface area contributed by atoms with Crippen LogP contribution in [0.2, 0.25) is 0 Å².